The molecule has 2 fully saturated rings. The third-order valence-corrected chi connectivity index (χ3v) is 7.80. The Balaban J connectivity index is 1.43. The van der Waals surface area contributed by atoms with Crippen LogP contribution >= 0.6 is 0 Å². The first-order valence-corrected chi connectivity index (χ1v) is 12.1. The van der Waals surface area contributed by atoms with E-state index in [9.17, 15) is 9.18 Å². The number of benzene rings is 2. The van der Waals surface area contributed by atoms with E-state index in [1.54, 1.807) is 6.07 Å². The molecular weight excluding hydrogens is 415 g/mol. The molecule has 0 amide bonds. The van der Waals surface area contributed by atoms with Crippen LogP contribution in [0, 0.1) is 11.7 Å². The fraction of sp³-hybridized carbons (Fsp3) is 0.407. The van der Waals surface area contributed by atoms with Crippen molar-refractivity contribution in [2.45, 2.75) is 51.2 Å². The molecule has 0 bridgehead atoms. The summed E-state index contributed by atoms with van der Waals surface area (Å²) in [5.74, 6) is 1.06. The third kappa shape index (κ3) is 3.07. The zero-order chi connectivity index (χ0) is 22.3. The Morgan fingerprint density at radius 1 is 1.12 bits per heavy atom. The van der Waals surface area contributed by atoms with Crippen LogP contribution in [0.25, 0.3) is 33.5 Å². The largest absolute Gasteiger partial charge is 0.337 e. The summed E-state index contributed by atoms with van der Waals surface area (Å²) in [7, 11) is 1.87. The molecule has 1 aliphatic heterocycles. The molecule has 0 radical (unpaired) electrons. The van der Waals surface area contributed by atoms with Crippen LogP contribution in [0.2, 0.25) is 0 Å². The summed E-state index contributed by atoms with van der Waals surface area (Å²) in [5.41, 5.74) is 6.60. The molecule has 3 heterocycles. The Hall–Kier alpha value is -2.99. The number of aldehydes is 1. The van der Waals surface area contributed by atoms with Gasteiger partial charge in [-0.3, -0.25) is 9.69 Å². The second-order valence-electron chi connectivity index (χ2n) is 10.2. The van der Waals surface area contributed by atoms with E-state index >= 15 is 0 Å². The lowest BCUT2D eigenvalue weighted by Crippen LogP contribution is -2.32. The van der Waals surface area contributed by atoms with Gasteiger partial charge in [-0.05, 0) is 67.3 Å². The summed E-state index contributed by atoms with van der Waals surface area (Å²) in [6.07, 6.45) is 6.98. The lowest BCUT2D eigenvalue weighted by Gasteiger charge is -2.29. The smallest absolute Gasteiger partial charge is 0.157 e. The lowest BCUT2D eigenvalue weighted by atomic mass is 9.97. The number of hydrogen-bond donors (Lipinski definition) is 0. The summed E-state index contributed by atoms with van der Waals surface area (Å²) in [6.45, 7) is 3.16. The van der Waals surface area contributed by atoms with Gasteiger partial charge in [0.2, 0.25) is 0 Å². The van der Waals surface area contributed by atoms with E-state index in [4.69, 9.17) is 4.98 Å². The van der Waals surface area contributed by atoms with Crippen molar-refractivity contribution in [2.24, 2.45) is 13.0 Å². The average molecular weight is 443 g/mol. The molecule has 0 spiro atoms. The highest BCUT2D eigenvalue weighted by molar-refractivity contribution is 5.92. The van der Waals surface area contributed by atoms with Crippen molar-refractivity contribution in [3.8, 4) is 11.5 Å². The maximum absolute atomic E-state index is 14.8. The molecule has 33 heavy (non-hydrogen) atoms. The predicted octanol–water partition coefficient (Wildman–Crippen LogP) is 5.08. The minimum Gasteiger partial charge on any atom is -0.337 e. The minimum atomic E-state index is -0.404. The molecule has 2 aliphatic carbocycles. The summed E-state index contributed by atoms with van der Waals surface area (Å²) < 4.78 is 19.2. The van der Waals surface area contributed by atoms with Crippen molar-refractivity contribution in [1.82, 2.24) is 19.0 Å². The van der Waals surface area contributed by atoms with Crippen LogP contribution in [0.4, 0.5) is 4.39 Å². The Kier molecular flexibility index (Phi) is 4.13. The number of fused-ring (bicyclic) bond motifs is 4. The number of nitrogens with zero attached hydrogens (tertiary/aromatic N) is 4. The third-order valence-electron chi connectivity index (χ3n) is 7.80. The molecule has 4 aromatic rings. The van der Waals surface area contributed by atoms with Crippen molar-refractivity contribution in [3.63, 3.8) is 0 Å². The van der Waals surface area contributed by atoms with Crippen LogP contribution in [0.5, 0.6) is 0 Å². The summed E-state index contributed by atoms with van der Waals surface area (Å²) in [6, 6.07) is 10.5. The molecule has 7 rings (SSSR count). The van der Waals surface area contributed by atoms with E-state index in [0.29, 0.717) is 28.8 Å². The number of rotatable bonds is 5. The maximum Gasteiger partial charge on any atom is 0.157 e. The number of hydrogen-bond acceptors (Lipinski definition) is 3. The highest BCUT2D eigenvalue weighted by Gasteiger charge is 2.33. The van der Waals surface area contributed by atoms with Crippen LogP contribution in [-0.2, 0) is 26.6 Å². The SMILES string of the molecule is Cn1c(-c2cc3ccc4c(c3n2CC2CC2)CCN(C2CC2)C4)nc2cc(C=O)cc(F)c21. The van der Waals surface area contributed by atoms with Crippen molar-refractivity contribution >= 4 is 28.2 Å². The van der Waals surface area contributed by atoms with Gasteiger partial charge in [-0.15, -0.1) is 0 Å². The first kappa shape index (κ1) is 19.5. The Morgan fingerprint density at radius 3 is 2.73 bits per heavy atom. The molecule has 2 saturated carbocycles. The Bertz CT molecular complexity index is 1440. The molecule has 2 aromatic carbocycles. The zero-order valence-corrected chi connectivity index (χ0v) is 18.9. The van der Waals surface area contributed by atoms with Gasteiger partial charge in [0.1, 0.15) is 17.6 Å². The summed E-state index contributed by atoms with van der Waals surface area (Å²) in [5, 5.41) is 1.24. The molecule has 168 valence electrons. The lowest BCUT2D eigenvalue weighted by molar-refractivity contribution is 0.112. The second kappa shape index (κ2) is 7.00. The molecule has 0 unspecified atom stereocenters. The summed E-state index contributed by atoms with van der Waals surface area (Å²) in [4.78, 5) is 18.7. The number of carbonyl (C=O) groups is 1. The van der Waals surface area contributed by atoms with E-state index in [1.165, 1.54) is 53.8 Å². The van der Waals surface area contributed by atoms with Crippen LogP contribution in [-0.4, -0.2) is 37.9 Å². The number of halogens is 1. The van der Waals surface area contributed by atoms with Crippen LogP contribution in [0.3, 0.4) is 0 Å². The van der Waals surface area contributed by atoms with Crippen molar-refractivity contribution in [1.29, 1.82) is 0 Å². The van der Waals surface area contributed by atoms with Gasteiger partial charge < -0.3 is 9.13 Å². The van der Waals surface area contributed by atoms with Gasteiger partial charge in [-0.25, -0.2) is 9.37 Å². The fourth-order valence-electron chi connectivity index (χ4n) is 5.76. The topological polar surface area (TPSA) is 43.1 Å². The normalized spacial score (nSPS) is 18.8. The molecule has 2 aromatic heterocycles. The van der Waals surface area contributed by atoms with E-state index in [2.05, 4.69) is 27.7 Å². The zero-order valence-electron chi connectivity index (χ0n) is 18.9. The molecule has 5 nitrogen and oxygen atoms in total. The molecule has 3 aliphatic rings. The average Bonchev–Trinajstić information content (AvgIpc) is 3.74. The van der Waals surface area contributed by atoms with Gasteiger partial charge in [-0.1, -0.05) is 12.1 Å². The first-order chi connectivity index (χ1) is 16.1. The van der Waals surface area contributed by atoms with E-state index in [1.807, 2.05) is 11.6 Å². The number of aryl methyl sites for hydroxylation is 1. The number of carbonyl (C=O) groups excluding carboxylic acids is 1. The molecular formula is C27H27FN4O. The highest BCUT2D eigenvalue weighted by Crippen LogP contribution is 2.40. The molecule has 0 saturated heterocycles. The van der Waals surface area contributed by atoms with E-state index < -0.39 is 5.82 Å². The fourth-order valence-corrected chi connectivity index (χ4v) is 5.76. The predicted molar refractivity (Wildman–Crippen MR) is 127 cm³/mol. The van der Waals surface area contributed by atoms with Crippen molar-refractivity contribution in [2.75, 3.05) is 6.54 Å². The molecule has 6 heteroatoms. The maximum atomic E-state index is 14.8. The monoisotopic (exact) mass is 442 g/mol. The van der Waals surface area contributed by atoms with Gasteiger partial charge in [0, 0.05) is 43.7 Å². The van der Waals surface area contributed by atoms with E-state index in [0.717, 1.165) is 43.6 Å². The number of imidazole rings is 1. The van der Waals surface area contributed by atoms with Crippen molar-refractivity contribution < 1.29 is 9.18 Å². The quantitative estimate of drug-likeness (QED) is 0.405. The standard InChI is InChI=1S/C27H27FN4O/c1-30-26-22(28)10-17(15-33)11-23(26)29-27(30)24-12-18-4-5-19-14-31(20-6-7-20)9-8-21(19)25(18)32(24)13-16-2-3-16/h4-5,10-12,15-16,20H,2-3,6-9,13-14H2,1H3. The molecule has 0 atom stereocenters. The van der Waals surface area contributed by atoms with Gasteiger partial charge in [-0.2, -0.15) is 0 Å². The first-order valence-electron chi connectivity index (χ1n) is 12.1. The van der Waals surface area contributed by atoms with Crippen LogP contribution in [0.15, 0.2) is 30.3 Å². The minimum absolute atomic E-state index is 0.317. The van der Waals surface area contributed by atoms with Gasteiger partial charge >= 0.3 is 0 Å². The van der Waals surface area contributed by atoms with Gasteiger partial charge in [0.05, 0.1) is 16.7 Å². The van der Waals surface area contributed by atoms with Gasteiger partial charge in [0.15, 0.2) is 5.82 Å². The van der Waals surface area contributed by atoms with Crippen LogP contribution in [0.1, 0.15) is 47.2 Å². The van der Waals surface area contributed by atoms with E-state index in [-0.39, 0.29) is 0 Å². The number of aromatic nitrogens is 3. The highest BCUT2D eigenvalue weighted by atomic mass is 19.1. The second-order valence-corrected chi connectivity index (χ2v) is 10.2. The Morgan fingerprint density at radius 2 is 1.97 bits per heavy atom. The van der Waals surface area contributed by atoms with Crippen LogP contribution < -0.4 is 0 Å². The van der Waals surface area contributed by atoms with Crippen molar-refractivity contribution in [3.05, 3.63) is 52.8 Å². The molecule has 0 N–H and O–H groups in total. The summed E-state index contributed by atoms with van der Waals surface area (Å²) >= 11 is 0. The Labute approximate surface area is 191 Å². The van der Waals surface area contributed by atoms with Gasteiger partial charge in [0.25, 0.3) is 0 Å².